The van der Waals surface area contributed by atoms with Gasteiger partial charge in [-0.25, -0.2) is 9.78 Å². The molecule has 1 unspecified atom stereocenters. The lowest BCUT2D eigenvalue weighted by molar-refractivity contribution is 0.0684. The molecular formula is C9H9N3O3. The van der Waals surface area contributed by atoms with Gasteiger partial charge in [0, 0.05) is 0 Å². The zero-order valence-corrected chi connectivity index (χ0v) is 7.94. The molecule has 1 aromatic heterocycles. The number of carboxylic acids is 1. The van der Waals surface area contributed by atoms with E-state index in [-0.39, 0.29) is 11.4 Å². The molecule has 0 radical (unpaired) electrons. The topological polar surface area (TPSA) is 95.1 Å². The van der Waals surface area contributed by atoms with Crippen LogP contribution in [0, 0.1) is 12.3 Å². The zero-order chi connectivity index (χ0) is 11.4. The van der Waals surface area contributed by atoms with Gasteiger partial charge in [0.25, 0.3) is 5.91 Å². The van der Waals surface area contributed by atoms with Gasteiger partial charge in [0.15, 0.2) is 11.4 Å². The Morgan fingerprint density at radius 1 is 1.73 bits per heavy atom. The normalized spacial score (nSPS) is 11.5. The molecule has 6 heteroatoms. The highest BCUT2D eigenvalue weighted by Gasteiger charge is 2.20. The van der Waals surface area contributed by atoms with E-state index >= 15 is 0 Å². The summed E-state index contributed by atoms with van der Waals surface area (Å²) >= 11 is 0. The van der Waals surface area contributed by atoms with Gasteiger partial charge in [-0.3, -0.25) is 4.79 Å². The lowest BCUT2D eigenvalue weighted by Gasteiger charge is -2.05. The van der Waals surface area contributed by atoms with E-state index in [1.807, 2.05) is 0 Å². The molecule has 78 valence electrons. The van der Waals surface area contributed by atoms with Crippen LogP contribution in [0.4, 0.5) is 0 Å². The average molecular weight is 207 g/mol. The fourth-order valence-corrected chi connectivity index (χ4v) is 0.936. The zero-order valence-electron chi connectivity index (χ0n) is 7.94. The molecule has 1 aromatic rings. The minimum Gasteiger partial charge on any atom is -0.477 e. The minimum atomic E-state index is -1.24. The lowest BCUT2D eigenvalue weighted by atomic mass is 10.3. The van der Waals surface area contributed by atoms with Gasteiger partial charge in [-0.15, -0.1) is 6.42 Å². The molecule has 0 aromatic carbocycles. The third kappa shape index (κ3) is 2.34. The van der Waals surface area contributed by atoms with E-state index in [9.17, 15) is 9.59 Å². The van der Waals surface area contributed by atoms with Crippen molar-refractivity contribution >= 4 is 11.9 Å². The van der Waals surface area contributed by atoms with Crippen molar-refractivity contribution in [2.24, 2.45) is 0 Å². The summed E-state index contributed by atoms with van der Waals surface area (Å²) in [5.74, 6) is 0.433. The Hall–Kier alpha value is -2.29. The van der Waals surface area contributed by atoms with Gasteiger partial charge >= 0.3 is 5.97 Å². The maximum absolute atomic E-state index is 11.4. The van der Waals surface area contributed by atoms with E-state index in [0.29, 0.717) is 0 Å². The SMILES string of the molecule is C#CC(C)NC(=O)c1nc[nH]c1C(=O)O. The molecular weight excluding hydrogens is 198 g/mol. The Kier molecular flexibility index (Phi) is 3.08. The first-order valence-electron chi connectivity index (χ1n) is 4.10. The van der Waals surface area contributed by atoms with Gasteiger partial charge in [0.05, 0.1) is 12.4 Å². The van der Waals surface area contributed by atoms with Crippen LogP contribution in [0.25, 0.3) is 0 Å². The molecule has 1 atom stereocenters. The van der Waals surface area contributed by atoms with Crippen LogP contribution in [0.2, 0.25) is 0 Å². The maximum Gasteiger partial charge on any atom is 0.354 e. The molecule has 0 aliphatic heterocycles. The standard InChI is InChI=1S/C9H9N3O3/c1-3-5(2)12-8(13)6-7(9(14)15)11-4-10-6/h1,4-5H,2H3,(H,10,11)(H,12,13)(H,14,15). The third-order valence-corrected chi connectivity index (χ3v) is 1.67. The number of aromatic amines is 1. The molecule has 1 rings (SSSR count). The van der Waals surface area contributed by atoms with Crippen LogP contribution in [0.5, 0.6) is 0 Å². The Labute approximate surface area is 85.7 Å². The molecule has 0 saturated carbocycles. The molecule has 6 nitrogen and oxygen atoms in total. The van der Waals surface area contributed by atoms with E-state index in [4.69, 9.17) is 11.5 Å². The fourth-order valence-electron chi connectivity index (χ4n) is 0.936. The van der Waals surface area contributed by atoms with Gasteiger partial charge < -0.3 is 15.4 Å². The molecule has 15 heavy (non-hydrogen) atoms. The molecule has 0 aliphatic rings. The highest BCUT2D eigenvalue weighted by Crippen LogP contribution is 2.02. The van der Waals surface area contributed by atoms with Gasteiger partial charge in [-0.05, 0) is 6.92 Å². The number of amides is 1. The van der Waals surface area contributed by atoms with E-state index in [1.54, 1.807) is 6.92 Å². The summed E-state index contributed by atoms with van der Waals surface area (Å²) in [6.07, 6.45) is 6.20. The number of imidazole rings is 1. The number of carboxylic acid groups (broad SMARTS) is 1. The maximum atomic E-state index is 11.4. The van der Waals surface area contributed by atoms with Crippen LogP contribution in [0.15, 0.2) is 6.33 Å². The monoisotopic (exact) mass is 207 g/mol. The molecule has 3 N–H and O–H groups in total. The molecule has 0 bridgehead atoms. The van der Waals surface area contributed by atoms with E-state index < -0.39 is 17.9 Å². The first-order valence-corrected chi connectivity index (χ1v) is 4.10. The Bertz CT molecular complexity index is 430. The quantitative estimate of drug-likeness (QED) is 0.601. The van der Waals surface area contributed by atoms with Crippen LogP contribution in [0.3, 0.4) is 0 Å². The van der Waals surface area contributed by atoms with Crippen molar-refractivity contribution in [1.29, 1.82) is 0 Å². The van der Waals surface area contributed by atoms with Gasteiger partial charge in [0.2, 0.25) is 0 Å². The second-order valence-corrected chi connectivity index (χ2v) is 2.79. The van der Waals surface area contributed by atoms with Crippen molar-refractivity contribution in [3.8, 4) is 12.3 Å². The number of H-pyrrole nitrogens is 1. The largest absolute Gasteiger partial charge is 0.477 e. The summed E-state index contributed by atoms with van der Waals surface area (Å²) in [6.45, 7) is 1.60. The molecule has 0 aliphatic carbocycles. The summed E-state index contributed by atoms with van der Waals surface area (Å²) in [6, 6.07) is -0.476. The number of rotatable bonds is 3. The van der Waals surface area contributed by atoms with Crippen molar-refractivity contribution in [3.63, 3.8) is 0 Å². The molecule has 0 saturated heterocycles. The van der Waals surface area contributed by atoms with Crippen LogP contribution >= 0.6 is 0 Å². The summed E-state index contributed by atoms with van der Waals surface area (Å²) in [4.78, 5) is 28.1. The second kappa shape index (κ2) is 4.28. The predicted octanol–water partition coefficient (Wildman–Crippen LogP) is -0.141. The van der Waals surface area contributed by atoms with Gasteiger partial charge in [-0.1, -0.05) is 5.92 Å². The lowest BCUT2D eigenvalue weighted by Crippen LogP contribution is -2.32. The summed E-state index contributed by atoms with van der Waals surface area (Å²) in [5, 5.41) is 11.1. The van der Waals surface area contributed by atoms with Crippen LogP contribution in [-0.2, 0) is 0 Å². The number of terminal acetylenes is 1. The van der Waals surface area contributed by atoms with Crippen molar-refractivity contribution in [1.82, 2.24) is 15.3 Å². The van der Waals surface area contributed by atoms with Crippen LogP contribution in [0.1, 0.15) is 27.9 Å². The van der Waals surface area contributed by atoms with E-state index in [0.717, 1.165) is 6.33 Å². The number of aromatic nitrogens is 2. The molecule has 0 spiro atoms. The molecule has 1 amide bonds. The predicted molar refractivity (Wildman–Crippen MR) is 51.3 cm³/mol. The fraction of sp³-hybridized carbons (Fsp3) is 0.222. The van der Waals surface area contributed by atoms with E-state index in [2.05, 4.69) is 21.2 Å². The molecule has 0 fully saturated rings. The number of carbonyl (C=O) groups excluding carboxylic acids is 1. The summed E-state index contributed by atoms with van der Waals surface area (Å²) in [5.41, 5.74) is -0.429. The number of carbonyl (C=O) groups is 2. The highest BCUT2D eigenvalue weighted by molar-refractivity contribution is 6.02. The minimum absolute atomic E-state index is 0.176. The molecule has 1 heterocycles. The van der Waals surface area contributed by atoms with Crippen molar-refractivity contribution in [2.75, 3.05) is 0 Å². The Morgan fingerprint density at radius 2 is 2.40 bits per heavy atom. The van der Waals surface area contributed by atoms with Gasteiger partial charge in [-0.2, -0.15) is 0 Å². The smallest absolute Gasteiger partial charge is 0.354 e. The number of aromatic carboxylic acids is 1. The van der Waals surface area contributed by atoms with Crippen LogP contribution < -0.4 is 5.32 Å². The van der Waals surface area contributed by atoms with Crippen molar-refractivity contribution < 1.29 is 14.7 Å². The van der Waals surface area contributed by atoms with E-state index in [1.165, 1.54) is 0 Å². The van der Waals surface area contributed by atoms with Crippen molar-refractivity contribution in [3.05, 3.63) is 17.7 Å². The average Bonchev–Trinajstić information content (AvgIpc) is 2.65. The number of hydrogen-bond acceptors (Lipinski definition) is 3. The number of nitrogens with zero attached hydrogens (tertiary/aromatic N) is 1. The van der Waals surface area contributed by atoms with Crippen molar-refractivity contribution in [2.45, 2.75) is 13.0 Å². The Balaban J connectivity index is 2.88. The van der Waals surface area contributed by atoms with Crippen LogP contribution in [-0.4, -0.2) is 33.0 Å². The Morgan fingerprint density at radius 3 is 2.93 bits per heavy atom. The highest BCUT2D eigenvalue weighted by atomic mass is 16.4. The first-order chi connectivity index (χ1) is 7.06. The number of nitrogens with one attached hydrogen (secondary N) is 2. The number of hydrogen-bond donors (Lipinski definition) is 3. The third-order valence-electron chi connectivity index (χ3n) is 1.67. The summed E-state index contributed by atoms with van der Waals surface area (Å²) in [7, 11) is 0. The second-order valence-electron chi connectivity index (χ2n) is 2.79. The summed E-state index contributed by atoms with van der Waals surface area (Å²) < 4.78 is 0. The first kappa shape index (κ1) is 10.8. The van der Waals surface area contributed by atoms with Gasteiger partial charge in [0.1, 0.15) is 0 Å².